The molecule has 0 saturated heterocycles. The summed E-state index contributed by atoms with van der Waals surface area (Å²) in [6.45, 7) is 1.24. The van der Waals surface area contributed by atoms with Gasteiger partial charge in [-0.2, -0.15) is 0 Å². The fourth-order valence-corrected chi connectivity index (χ4v) is 3.94. The topological polar surface area (TPSA) is 221 Å². The highest BCUT2D eigenvalue weighted by atomic mass is 16.2. The van der Waals surface area contributed by atoms with Gasteiger partial charge in [0.05, 0.1) is 6.04 Å². The van der Waals surface area contributed by atoms with Gasteiger partial charge in [-0.05, 0) is 76.4 Å². The molecular weight excluding hydrogens is 500 g/mol. The lowest BCUT2D eigenvalue weighted by atomic mass is 10.0. The van der Waals surface area contributed by atoms with Gasteiger partial charge < -0.3 is 43.7 Å². The number of nitrogens with zero attached hydrogens (tertiary/aromatic N) is 1. The standard InChI is InChI=1S/C27H46N8O4/c28-16-6-4-12-22(34-24(37)15-14-20-9-2-1-3-10-20)26(39)35-23(13-5-7-17-29)25(38)33-21(19-36)11-8-18-32-27(30)31/h1-3,9-10,19,21-23H,4-8,11-18,28-29H2,(H,33,38)(H,34,37)(H,35,39)(H4,30,31,32)/t21-,22-,23-/m0/s1. The van der Waals surface area contributed by atoms with Crippen molar-refractivity contribution in [2.24, 2.45) is 27.9 Å². The van der Waals surface area contributed by atoms with E-state index in [0.29, 0.717) is 83.7 Å². The Labute approximate surface area is 231 Å². The molecule has 0 saturated carbocycles. The summed E-state index contributed by atoms with van der Waals surface area (Å²) >= 11 is 0. The quantitative estimate of drug-likeness (QED) is 0.0463. The molecule has 0 unspecified atom stereocenters. The van der Waals surface area contributed by atoms with Crippen LogP contribution in [0.2, 0.25) is 0 Å². The van der Waals surface area contributed by atoms with E-state index in [1.165, 1.54) is 0 Å². The van der Waals surface area contributed by atoms with E-state index < -0.39 is 29.9 Å². The minimum atomic E-state index is -0.887. The molecule has 0 heterocycles. The van der Waals surface area contributed by atoms with E-state index in [1.54, 1.807) is 0 Å². The third kappa shape index (κ3) is 15.5. The van der Waals surface area contributed by atoms with Gasteiger partial charge in [0.1, 0.15) is 18.4 Å². The fourth-order valence-electron chi connectivity index (χ4n) is 3.94. The van der Waals surface area contributed by atoms with Crippen molar-refractivity contribution in [1.82, 2.24) is 16.0 Å². The van der Waals surface area contributed by atoms with Crippen LogP contribution in [-0.2, 0) is 25.6 Å². The van der Waals surface area contributed by atoms with Crippen LogP contribution in [0.15, 0.2) is 35.3 Å². The maximum Gasteiger partial charge on any atom is 0.243 e. The highest BCUT2D eigenvalue weighted by Crippen LogP contribution is 2.08. The van der Waals surface area contributed by atoms with Crippen molar-refractivity contribution in [3.05, 3.63) is 35.9 Å². The second kappa shape index (κ2) is 20.5. The zero-order valence-corrected chi connectivity index (χ0v) is 22.8. The number of aldehydes is 1. The Morgan fingerprint density at radius 1 is 0.795 bits per heavy atom. The van der Waals surface area contributed by atoms with E-state index in [-0.39, 0.29) is 18.3 Å². The molecule has 12 heteroatoms. The summed E-state index contributed by atoms with van der Waals surface area (Å²) in [4.78, 5) is 54.4. The largest absolute Gasteiger partial charge is 0.370 e. The summed E-state index contributed by atoms with van der Waals surface area (Å²) in [5.41, 5.74) is 22.9. The van der Waals surface area contributed by atoms with Gasteiger partial charge in [-0.3, -0.25) is 19.4 Å². The van der Waals surface area contributed by atoms with Crippen molar-refractivity contribution in [3.8, 4) is 0 Å². The number of rotatable bonds is 21. The van der Waals surface area contributed by atoms with Gasteiger partial charge in [-0.1, -0.05) is 30.3 Å². The molecule has 12 nitrogen and oxygen atoms in total. The van der Waals surface area contributed by atoms with Crippen LogP contribution in [0.1, 0.15) is 63.4 Å². The molecular formula is C27H46N8O4. The SMILES string of the molecule is NCCCC[C@H](NC(=O)CCc1ccccc1)C(=O)N[C@@H](CCCCN)C(=O)N[C@H](C=O)CCCN=C(N)N. The number of carbonyl (C=O) groups is 4. The van der Waals surface area contributed by atoms with Crippen LogP contribution in [0.4, 0.5) is 0 Å². The summed E-state index contributed by atoms with van der Waals surface area (Å²) < 4.78 is 0. The van der Waals surface area contributed by atoms with Gasteiger partial charge >= 0.3 is 0 Å². The van der Waals surface area contributed by atoms with Crippen molar-refractivity contribution in [2.75, 3.05) is 19.6 Å². The van der Waals surface area contributed by atoms with Gasteiger partial charge in [0, 0.05) is 13.0 Å². The minimum Gasteiger partial charge on any atom is -0.370 e. The molecule has 11 N–H and O–H groups in total. The molecule has 0 aliphatic carbocycles. The van der Waals surface area contributed by atoms with Crippen LogP contribution >= 0.6 is 0 Å². The zero-order valence-electron chi connectivity index (χ0n) is 22.8. The molecule has 39 heavy (non-hydrogen) atoms. The van der Waals surface area contributed by atoms with Crippen LogP contribution in [0, 0.1) is 0 Å². The highest BCUT2D eigenvalue weighted by Gasteiger charge is 2.27. The minimum absolute atomic E-state index is 0.0439. The van der Waals surface area contributed by atoms with E-state index in [9.17, 15) is 19.2 Å². The number of benzene rings is 1. The van der Waals surface area contributed by atoms with Gasteiger partial charge in [0.15, 0.2) is 5.96 Å². The summed E-state index contributed by atoms with van der Waals surface area (Å²) in [5, 5.41) is 8.30. The molecule has 0 radical (unpaired) electrons. The summed E-state index contributed by atoms with van der Waals surface area (Å²) in [6.07, 6.45) is 5.60. The van der Waals surface area contributed by atoms with E-state index in [2.05, 4.69) is 20.9 Å². The van der Waals surface area contributed by atoms with Gasteiger partial charge in [0.25, 0.3) is 0 Å². The second-order valence-corrected chi connectivity index (χ2v) is 9.44. The van der Waals surface area contributed by atoms with Crippen LogP contribution < -0.4 is 38.9 Å². The number of hydrogen-bond donors (Lipinski definition) is 7. The molecule has 218 valence electrons. The number of nitrogens with two attached hydrogens (primary N) is 4. The number of hydrogen-bond acceptors (Lipinski definition) is 7. The number of aryl methyl sites for hydroxylation is 1. The van der Waals surface area contributed by atoms with Crippen molar-refractivity contribution >= 4 is 30.0 Å². The molecule has 1 aromatic rings. The highest BCUT2D eigenvalue weighted by molar-refractivity contribution is 5.92. The normalized spacial score (nSPS) is 13.0. The molecule has 3 atom stereocenters. The number of amides is 3. The molecule has 1 aromatic carbocycles. The van der Waals surface area contributed by atoms with Gasteiger partial charge in [-0.15, -0.1) is 0 Å². The van der Waals surface area contributed by atoms with E-state index >= 15 is 0 Å². The Hall–Kier alpha value is -3.51. The van der Waals surface area contributed by atoms with Crippen molar-refractivity contribution in [2.45, 2.75) is 82.3 Å². The Morgan fingerprint density at radius 2 is 1.38 bits per heavy atom. The van der Waals surface area contributed by atoms with E-state index in [0.717, 1.165) is 5.56 Å². The molecule has 0 aromatic heterocycles. The van der Waals surface area contributed by atoms with Crippen molar-refractivity contribution < 1.29 is 19.2 Å². The zero-order chi connectivity index (χ0) is 28.9. The smallest absolute Gasteiger partial charge is 0.243 e. The number of guanidine groups is 1. The lowest BCUT2D eigenvalue weighted by molar-refractivity contribution is -0.133. The molecule has 0 bridgehead atoms. The lowest BCUT2D eigenvalue weighted by Crippen LogP contribution is -2.55. The monoisotopic (exact) mass is 546 g/mol. The Balaban J connectivity index is 2.83. The van der Waals surface area contributed by atoms with Gasteiger partial charge in [0.2, 0.25) is 17.7 Å². The predicted molar refractivity (Wildman–Crippen MR) is 152 cm³/mol. The van der Waals surface area contributed by atoms with Gasteiger partial charge in [-0.25, -0.2) is 0 Å². The summed E-state index contributed by atoms with van der Waals surface area (Å²) in [5.74, 6) is -1.23. The molecule has 0 spiro atoms. The maximum atomic E-state index is 13.3. The van der Waals surface area contributed by atoms with E-state index in [4.69, 9.17) is 22.9 Å². The number of nitrogens with one attached hydrogen (secondary N) is 3. The molecule has 1 rings (SSSR count). The molecule has 3 amide bonds. The Kier molecular flexibility index (Phi) is 17.6. The van der Waals surface area contributed by atoms with Crippen LogP contribution in [0.25, 0.3) is 0 Å². The summed E-state index contributed by atoms with van der Waals surface area (Å²) in [6, 6.07) is 7.16. The van der Waals surface area contributed by atoms with Crippen LogP contribution in [0.5, 0.6) is 0 Å². The molecule has 0 fully saturated rings. The lowest BCUT2D eigenvalue weighted by Gasteiger charge is -2.24. The average Bonchev–Trinajstić information content (AvgIpc) is 2.92. The van der Waals surface area contributed by atoms with Crippen LogP contribution in [-0.4, -0.2) is 67.7 Å². The first-order chi connectivity index (χ1) is 18.8. The van der Waals surface area contributed by atoms with Crippen LogP contribution in [0.3, 0.4) is 0 Å². The molecule has 0 aliphatic heterocycles. The first-order valence-electron chi connectivity index (χ1n) is 13.7. The third-order valence-corrected chi connectivity index (χ3v) is 6.12. The first-order valence-corrected chi connectivity index (χ1v) is 13.7. The predicted octanol–water partition coefficient (Wildman–Crippen LogP) is -0.416. The summed E-state index contributed by atoms with van der Waals surface area (Å²) in [7, 11) is 0. The fraction of sp³-hybridized carbons (Fsp3) is 0.593. The second-order valence-electron chi connectivity index (χ2n) is 9.44. The number of aliphatic imine (C=N–C) groups is 1. The first kappa shape index (κ1) is 33.5. The maximum absolute atomic E-state index is 13.3. The van der Waals surface area contributed by atoms with Crippen molar-refractivity contribution in [1.29, 1.82) is 0 Å². The Bertz CT molecular complexity index is 893. The number of unbranched alkanes of at least 4 members (excludes halogenated alkanes) is 2. The molecule has 0 aliphatic rings. The Morgan fingerprint density at radius 3 is 1.95 bits per heavy atom. The van der Waals surface area contributed by atoms with Crippen molar-refractivity contribution in [3.63, 3.8) is 0 Å². The number of carbonyl (C=O) groups excluding carboxylic acids is 4. The average molecular weight is 547 g/mol. The third-order valence-electron chi connectivity index (χ3n) is 6.12. The van der Waals surface area contributed by atoms with E-state index in [1.807, 2.05) is 30.3 Å².